The Bertz CT molecular complexity index is 760. The summed E-state index contributed by atoms with van der Waals surface area (Å²) < 4.78 is 40.3. The number of sulfonamides is 1. The molecule has 0 fully saturated rings. The number of anilines is 2. The van der Waals surface area contributed by atoms with Crippen molar-refractivity contribution in [2.24, 2.45) is 0 Å². The first-order valence-corrected chi connectivity index (χ1v) is 7.28. The van der Waals surface area contributed by atoms with Crippen LogP contribution >= 0.6 is 0 Å². The summed E-state index contributed by atoms with van der Waals surface area (Å²) >= 11 is 0. The van der Waals surface area contributed by atoms with Crippen molar-refractivity contribution in [2.75, 3.05) is 10.5 Å². The zero-order valence-electron chi connectivity index (χ0n) is 11.0. The van der Waals surface area contributed by atoms with E-state index in [-0.39, 0.29) is 10.6 Å². The third-order valence-corrected chi connectivity index (χ3v) is 4.44. The number of nitrogens with zero attached hydrogens (tertiary/aromatic N) is 1. The van der Waals surface area contributed by atoms with Crippen LogP contribution in [0.1, 0.15) is 11.1 Å². The normalized spacial score (nSPS) is 11.3. The molecule has 0 saturated heterocycles. The van der Waals surface area contributed by atoms with Gasteiger partial charge in [0, 0.05) is 11.9 Å². The quantitative estimate of drug-likeness (QED) is 0.850. The van der Waals surface area contributed by atoms with Gasteiger partial charge in [0.1, 0.15) is 0 Å². The molecule has 0 aliphatic carbocycles. The van der Waals surface area contributed by atoms with Crippen molar-refractivity contribution in [1.82, 2.24) is 4.98 Å². The number of halogens is 1. The molecule has 0 saturated carbocycles. The SMILES string of the molecule is Cc1cc(N)cc(S(=O)(=O)Nc2ccncc2F)c1C. The number of pyridine rings is 1. The van der Waals surface area contributed by atoms with E-state index in [1.165, 1.54) is 18.3 Å². The molecule has 20 heavy (non-hydrogen) atoms. The summed E-state index contributed by atoms with van der Waals surface area (Å²) in [6.07, 6.45) is 2.24. The molecular formula is C13H14FN3O2S. The molecule has 0 amide bonds. The van der Waals surface area contributed by atoms with Gasteiger partial charge < -0.3 is 5.73 Å². The van der Waals surface area contributed by atoms with Gasteiger partial charge in [-0.1, -0.05) is 0 Å². The van der Waals surface area contributed by atoms with E-state index in [4.69, 9.17) is 5.73 Å². The molecular weight excluding hydrogens is 281 g/mol. The molecule has 2 rings (SSSR count). The standard InChI is InChI=1S/C13H14FN3O2S/c1-8-5-10(15)6-13(9(8)2)20(18,19)17-12-3-4-16-7-11(12)14/h3-7H,15H2,1-2H3,(H,16,17). The number of nitrogens with two attached hydrogens (primary N) is 1. The highest BCUT2D eigenvalue weighted by atomic mass is 32.2. The monoisotopic (exact) mass is 295 g/mol. The average Bonchev–Trinajstić information content (AvgIpc) is 2.36. The van der Waals surface area contributed by atoms with E-state index in [0.29, 0.717) is 11.3 Å². The first kappa shape index (κ1) is 14.3. The van der Waals surface area contributed by atoms with Crippen LogP contribution in [0.2, 0.25) is 0 Å². The van der Waals surface area contributed by atoms with Gasteiger partial charge in [-0.3, -0.25) is 9.71 Å². The highest BCUT2D eigenvalue weighted by Gasteiger charge is 2.20. The summed E-state index contributed by atoms with van der Waals surface area (Å²) in [5.41, 5.74) is 7.18. The molecule has 1 aromatic carbocycles. The molecule has 2 aromatic rings. The maximum atomic E-state index is 13.5. The van der Waals surface area contributed by atoms with Crippen LogP contribution in [-0.4, -0.2) is 13.4 Å². The van der Waals surface area contributed by atoms with Crippen molar-refractivity contribution in [3.8, 4) is 0 Å². The Kier molecular flexibility index (Phi) is 3.63. The van der Waals surface area contributed by atoms with Crippen molar-refractivity contribution in [2.45, 2.75) is 18.7 Å². The number of nitrogens with one attached hydrogen (secondary N) is 1. The van der Waals surface area contributed by atoms with Crippen LogP contribution in [0.3, 0.4) is 0 Å². The first-order chi connectivity index (χ1) is 9.31. The Hall–Kier alpha value is -2.15. The highest BCUT2D eigenvalue weighted by Crippen LogP contribution is 2.25. The van der Waals surface area contributed by atoms with E-state index in [1.54, 1.807) is 19.9 Å². The molecule has 106 valence electrons. The summed E-state index contributed by atoms with van der Waals surface area (Å²) in [6.45, 7) is 3.43. The van der Waals surface area contributed by atoms with E-state index >= 15 is 0 Å². The van der Waals surface area contributed by atoms with Gasteiger partial charge in [0.05, 0.1) is 16.8 Å². The molecule has 3 N–H and O–H groups in total. The topological polar surface area (TPSA) is 85.1 Å². The summed E-state index contributed by atoms with van der Waals surface area (Å²) in [5.74, 6) is -0.741. The number of aromatic nitrogens is 1. The lowest BCUT2D eigenvalue weighted by Gasteiger charge is -2.13. The van der Waals surface area contributed by atoms with E-state index in [0.717, 1.165) is 11.8 Å². The maximum Gasteiger partial charge on any atom is 0.262 e. The highest BCUT2D eigenvalue weighted by molar-refractivity contribution is 7.92. The van der Waals surface area contributed by atoms with Crippen molar-refractivity contribution >= 4 is 21.4 Å². The number of hydrogen-bond acceptors (Lipinski definition) is 4. The third kappa shape index (κ3) is 2.72. The minimum atomic E-state index is -3.91. The van der Waals surface area contributed by atoms with Crippen LogP contribution in [-0.2, 0) is 10.0 Å². The second-order valence-corrected chi connectivity index (χ2v) is 6.07. The van der Waals surface area contributed by atoms with Gasteiger partial charge in [-0.15, -0.1) is 0 Å². The fraction of sp³-hybridized carbons (Fsp3) is 0.154. The molecule has 7 heteroatoms. The van der Waals surface area contributed by atoms with E-state index in [9.17, 15) is 12.8 Å². The van der Waals surface area contributed by atoms with Crippen LogP contribution in [0.4, 0.5) is 15.8 Å². The predicted molar refractivity (Wildman–Crippen MR) is 75.3 cm³/mol. The zero-order valence-corrected chi connectivity index (χ0v) is 11.8. The molecule has 1 aromatic heterocycles. The summed E-state index contributed by atoms with van der Waals surface area (Å²) in [6, 6.07) is 4.28. The molecule has 0 aliphatic heterocycles. The lowest BCUT2D eigenvalue weighted by molar-refractivity contribution is 0.597. The van der Waals surface area contributed by atoms with Gasteiger partial charge in [-0.25, -0.2) is 12.8 Å². The molecule has 0 unspecified atom stereocenters. The van der Waals surface area contributed by atoms with Crippen LogP contribution in [0, 0.1) is 19.7 Å². The largest absolute Gasteiger partial charge is 0.399 e. The Morgan fingerprint density at radius 1 is 1.30 bits per heavy atom. The van der Waals surface area contributed by atoms with Gasteiger partial charge in [-0.2, -0.15) is 0 Å². The smallest absolute Gasteiger partial charge is 0.262 e. The fourth-order valence-corrected chi connectivity index (χ4v) is 3.21. The molecule has 0 spiro atoms. The van der Waals surface area contributed by atoms with E-state index < -0.39 is 15.8 Å². The third-order valence-electron chi connectivity index (χ3n) is 2.95. The summed E-state index contributed by atoms with van der Waals surface area (Å²) in [4.78, 5) is 3.60. The average molecular weight is 295 g/mol. The number of benzene rings is 1. The van der Waals surface area contributed by atoms with Gasteiger partial charge >= 0.3 is 0 Å². The van der Waals surface area contributed by atoms with Crippen LogP contribution in [0.25, 0.3) is 0 Å². The molecule has 0 bridgehead atoms. The number of nitrogen functional groups attached to an aromatic ring is 1. The molecule has 0 aliphatic rings. The Morgan fingerprint density at radius 3 is 2.65 bits per heavy atom. The molecule has 1 heterocycles. The predicted octanol–water partition coefficient (Wildman–Crippen LogP) is 2.22. The Morgan fingerprint density at radius 2 is 2.00 bits per heavy atom. The second kappa shape index (κ2) is 5.09. The lowest BCUT2D eigenvalue weighted by atomic mass is 10.1. The first-order valence-electron chi connectivity index (χ1n) is 5.80. The maximum absolute atomic E-state index is 13.5. The van der Waals surface area contributed by atoms with Crippen LogP contribution in [0.15, 0.2) is 35.5 Å². The molecule has 0 atom stereocenters. The Labute approximate surface area is 116 Å². The zero-order chi connectivity index (χ0) is 14.9. The minimum absolute atomic E-state index is 0.0335. The lowest BCUT2D eigenvalue weighted by Crippen LogP contribution is -2.16. The molecule has 0 radical (unpaired) electrons. The van der Waals surface area contributed by atoms with Crippen molar-refractivity contribution in [3.63, 3.8) is 0 Å². The second-order valence-electron chi connectivity index (χ2n) is 4.42. The van der Waals surface area contributed by atoms with Crippen LogP contribution < -0.4 is 10.5 Å². The van der Waals surface area contributed by atoms with Gasteiger partial charge in [0.15, 0.2) is 5.82 Å². The van der Waals surface area contributed by atoms with Crippen LogP contribution in [0.5, 0.6) is 0 Å². The van der Waals surface area contributed by atoms with E-state index in [1.807, 2.05) is 0 Å². The van der Waals surface area contributed by atoms with Gasteiger partial charge in [0.2, 0.25) is 0 Å². The van der Waals surface area contributed by atoms with Crippen molar-refractivity contribution in [1.29, 1.82) is 0 Å². The number of rotatable bonds is 3. The summed E-state index contributed by atoms with van der Waals surface area (Å²) in [5, 5.41) is 0. The Balaban J connectivity index is 2.49. The van der Waals surface area contributed by atoms with Gasteiger partial charge in [-0.05, 0) is 43.2 Å². The summed E-state index contributed by atoms with van der Waals surface area (Å²) in [7, 11) is -3.91. The molecule has 5 nitrogen and oxygen atoms in total. The number of aryl methyl sites for hydroxylation is 1. The minimum Gasteiger partial charge on any atom is -0.399 e. The van der Waals surface area contributed by atoms with Crippen molar-refractivity contribution < 1.29 is 12.8 Å². The number of hydrogen-bond donors (Lipinski definition) is 2. The van der Waals surface area contributed by atoms with Gasteiger partial charge in [0.25, 0.3) is 10.0 Å². The van der Waals surface area contributed by atoms with Crippen molar-refractivity contribution in [3.05, 3.63) is 47.5 Å². The fourth-order valence-electron chi connectivity index (χ4n) is 1.79. The van der Waals surface area contributed by atoms with E-state index in [2.05, 4.69) is 9.71 Å².